The Morgan fingerprint density at radius 3 is 2.06 bits per heavy atom. The normalized spacial score (nSPS) is 9.50. The highest BCUT2D eigenvalue weighted by Crippen LogP contribution is 2.15. The highest BCUT2D eigenvalue weighted by Gasteiger charge is 2.03. The van der Waals surface area contributed by atoms with Gasteiger partial charge < -0.3 is 4.52 Å². The van der Waals surface area contributed by atoms with Crippen molar-refractivity contribution in [3.8, 4) is 11.4 Å². The van der Waals surface area contributed by atoms with Crippen LogP contribution < -0.4 is 0 Å². The Morgan fingerprint density at radius 2 is 1.62 bits per heavy atom. The molecule has 0 radical (unpaired) electrons. The number of aromatic nitrogens is 2. The first-order chi connectivity index (χ1) is 7.67. The summed E-state index contributed by atoms with van der Waals surface area (Å²) in [6.07, 6.45) is 1.25. The molecule has 0 unspecified atom stereocenters. The first kappa shape index (κ1) is 12.4. The molecule has 0 saturated heterocycles. The fourth-order valence-corrected chi connectivity index (χ4v) is 1.12. The number of rotatable bonds is 1. The number of benzene rings is 1. The van der Waals surface area contributed by atoms with Crippen molar-refractivity contribution in [3.05, 3.63) is 35.7 Å². The maximum Gasteiger partial charge on any atom is 0.223 e. The van der Waals surface area contributed by atoms with Gasteiger partial charge in [-0.2, -0.15) is 4.98 Å². The van der Waals surface area contributed by atoms with Gasteiger partial charge in [-0.05, 0) is 6.92 Å². The lowest BCUT2D eigenvalue weighted by atomic mass is 10.1. The Labute approximate surface area is 96.5 Å². The fourth-order valence-electron chi connectivity index (χ4n) is 1.12. The van der Waals surface area contributed by atoms with E-state index in [0.29, 0.717) is 11.7 Å². The summed E-state index contributed by atoms with van der Waals surface area (Å²) in [4.78, 5) is 4.13. The molecule has 0 spiro atoms. The van der Waals surface area contributed by atoms with Gasteiger partial charge in [0.15, 0.2) is 0 Å². The van der Waals surface area contributed by atoms with E-state index in [1.54, 1.807) is 6.92 Å². The minimum absolute atomic E-state index is 0.593. The van der Waals surface area contributed by atoms with Crippen LogP contribution in [0.15, 0.2) is 28.8 Å². The van der Waals surface area contributed by atoms with Gasteiger partial charge in [-0.3, -0.25) is 0 Å². The van der Waals surface area contributed by atoms with Gasteiger partial charge in [-0.25, -0.2) is 0 Å². The standard InChI is InChI=1S/C10H10N2O.C3H8/c1-7-3-5-9(6-4-7)10-11-8(2)13-12-10;1-3-2/h3-6H,1-2H3;3H2,1-2H3. The summed E-state index contributed by atoms with van der Waals surface area (Å²) in [7, 11) is 0. The monoisotopic (exact) mass is 218 g/mol. The molecule has 0 saturated carbocycles. The van der Waals surface area contributed by atoms with E-state index in [9.17, 15) is 0 Å². The number of hydrogen-bond donors (Lipinski definition) is 0. The summed E-state index contributed by atoms with van der Waals surface area (Å²) in [6, 6.07) is 8.03. The van der Waals surface area contributed by atoms with Gasteiger partial charge in [0.1, 0.15) is 0 Å². The van der Waals surface area contributed by atoms with Crippen molar-refractivity contribution < 1.29 is 4.52 Å². The van der Waals surface area contributed by atoms with Crippen LogP contribution in [-0.2, 0) is 0 Å². The van der Waals surface area contributed by atoms with Gasteiger partial charge in [-0.1, -0.05) is 55.3 Å². The average Bonchev–Trinajstić information content (AvgIpc) is 2.67. The molecule has 86 valence electrons. The molecule has 2 rings (SSSR count). The Balaban J connectivity index is 0.000000386. The van der Waals surface area contributed by atoms with Crippen LogP contribution in [0.4, 0.5) is 0 Å². The number of nitrogens with zero attached hydrogens (tertiary/aromatic N) is 2. The SMILES string of the molecule is CCC.Cc1ccc(-c2noc(C)n2)cc1. The smallest absolute Gasteiger partial charge is 0.223 e. The van der Waals surface area contributed by atoms with E-state index in [-0.39, 0.29) is 0 Å². The third-order valence-electron chi connectivity index (χ3n) is 1.84. The lowest BCUT2D eigenvalue weighted by molar-refractivity contribution is 0.394. The molecular formula is C13H18N2O. The van der Waals surface area contributed by atoms with Crippen molar-refractivity contribution >= 4 is 0 Å². The molecule has 16 heavy (non-hydrogen) atoms. The first-order valence-corrected chi connectivity index (χ1v) is 5.54. The van der Waals surface area contributed by atoms with E-state index in [4.69, 9.17) is 4.52 Å². The van der Waals surface area contributed by atoms with Gasteiger partial charge in [0.2, 0.25) is 11.7 Å². The highest BCUT2D eigenvalue weighted by molar-refractivity contribution is 5.54. The minimum Gasteiger partial charge on any atom is -0.339 e. The Morgan fingerprint density at radius 1 is 1.06 bits per heavy atom. The summed E-state index contributed by atoms with van der Waals surface area (Å²) in [5.41, 5.74) is 2.21. The topological polar surface area (TPSA) is 38.9 Å². The molecule has 3 nitrogen and oxygen atoms in total. The maximum absolute atomic E-state index is 4.89. The van der Waals surface area contributed by atoms with Crippen LogP contribution in [0.1, 0.15) is 31.7 Å². The molecule has 0 N–H and O–H groups in total. The van der Waals surface area contributed by atoms with Crippen molar-refractivity contribution in [1.82, 2.24) is 10.1 Å². The van der Waals surface area contributed by atoms with Gasteiger partial charge >= 0.3 is 0 Å². The molecule has 0 fully saturated rings. The van der Waals surface area contributed by atoms with Crippen LogP contribution in [0.5, 0.6) is 0 Å². The second-order valence-corrected chi connectivity index (χ2v) is 3.71. The molecule has 0 atom stereocenters. The maximum atomic E-state index is 4.89. The summed E-state index contributed by atoms with van der Waals surface area (Å²) < 4.78 is 4.89. The van der Waals surface area contributed by atoms with Crippen molar-refractivity contribution in [2.45, 2.75) is 34.1 Å². The van der Waals surface area contributed by atoms with Crippen LogP contribution in [-0.4, -0.2) is 10.1 Å². The molecule has 0 aliphatic rings. The van der Waals surface area contributed by atoms with Gasteiger partial charge in [-0.15, -0.1) is 0 Å². The van der Waals surface area contributed by atoms with Crippen LogP contribution in [0.2, 0.25) is 0 Å². The zero-order chi connectivity index (χ0) is 12.0. The highest BCUT2D eigenvalue weighted by atomic mass is 16.5. The fraction of sp³-hybridized carbons (Fsp3) is 0.385. The van der Waals surface area contributed by atoms with Crippen LogP contribution >= 0.6 is 0 Å². The third kappa shape index (κ3) is 3.50. The zero-order valence-electron chi connectivity index (χ0n) is 10.3. The van der Waals surface area contributed by atoms with Crippen LogP contribution in [0.25, 0.3) is 11.4 Å². The summed E-state index contributed by atoms with van der Waals surface area (Å²) in [6.45, 7) is 8.08. The minimum atomic E-state index is 0.593. The van der Waals surface area contributed by atoms with E-state index in [1.165, 1.54) is 12.0 Å². The zero-order valence-corrected chi connectivity index (χ0v) is 10.3. The number of hydrogen-bond acceptors (Lipinski definition) is 3. The van der Waals surface area contributed by atoms with E-state index in [0.717, 1.165) is 5.56 Å². The molecule has 1 heterocycles. The van der Waals surface area contributed by atoms with E-state index in [1.807, 2.05) is 31.2 Å². The molecule has 0 amide bonds. The predicted molar refractivity (Wildman–Crippen MR) is 65.2 cm³/mol. The molecule has 1 aromatic carbocycles. The van der Waals surface area contributed by atoms with Crippen LogP contribution in [0, 0.1) is 13.8 Å². The van der Waals surface area contributed by atoms with Crippen molar-refractivity contribution in [1.29, 1.82) is 0 Å². The largest absolute Gasteiger partial charge is 0.339 e. The van der Waals surface area contributed by atoms with E-state index in [2.05, 4.69) is 24.0 Å². The third-order valence-corrected chi connectivity index (χ3v) is 1.84. The van der Waals surface area contributed by atoms with Gasteiger partial charge in [0.25, 0.3) is 0 Å². The van der Waals surface area contributed by atoms with E-state index < -0.39 is 0 Å². The Kier molecular flexibility index (Phi) is 4.70. The Bertz CT molecular complexity index is 418. The quantitative estimate of drug-likeness (QED) is 0.731. The predicted octanol–water partition coefficient (Wildman–Crippen LogP) is 3.77. The summed E-state index contributed by atoms with van der Waals surface area (Å²) in [5, 5.41) is 3.83. The van der Waals surface area contributed by atoms with Crippen molar-refractivity contribution in [2.24, 2.45) is 0 Å². The second-order valence-electron chi connectivity index (χ2n) is 3.71. The molecule has 0 aliphatic carbocycles. The molecule has 3 heteroatoms. The Hall–Kier alpha value is -1.64. The molecular weight excluding hydrogens is 200 g/mol. The molecule has 0 bridgehead atoms. The lowest BCUT2D eigenvalue weighted by Gasteiger charge is -1.93. The first-order valence-electron chi connectivity index (χ1n) is 5.54. The molecule has 1 aromatic heterocycles. The van der Waals surface area contributed by atoms with Crippen molar-refractivity contribution in [2.75, 3.05) is 0 Å². The average molecular weight is 218 g/mol. The van der Waals surface area contributed by atoms with Gasteiger partial charge in [0.05, 0.1) is 0 Å². The summed E-state index contributed by atoms with van der Waals surface area (Å²) >= 11 is 0. The van der Waals surface area contributed by atoms with Gasteiger partial charge in [0, 0.05) is 12.5 Å². The second kappa shape index (κ2) is 6.05. The van der Waals surface area contributed by atoms with Crippen molar-refractivity contribution in [3.63, 3.8) is 0 Å². The molecule has 0 aliphatic heterocycles. The molecule has 2 aromatic rings. The van der Waals surface area contributed by atoms with Crippen LogP contribution in [0.3, 0.4) is 0 Å². The van der Waals surface area contributed by atoms with E-state index >= 15 is 0 Å². The summed E-state index contributed by atoms with van der Waals surface area (Å²) in [5.74, 6) is 1.24. The lowest BCUT2D eigenvalue weighted by Crippen LogP contribution is -1.80. The number of aryl methyl sites for hydroxylation is 2.